The minimum atomic E-state index is -1.13. The first-order valence-corrected chi connectivity index (χ1v) is 4.67. The van der Waals surface area contributed by atoms with Gasteiger partial charge in [0.15, 0.2) is 0 Å². The van der Waals surface area contributed by atoms with Gasteiger partial charge in [-0.25, -0.2) is 9.59 Å². The average molecular weight is 236 g/mol. The van der Waals surface area contributed by atoms with Gasteiger partial charge in [0.05, 0.1) is 12.8 Å². The lowest BCUT2D eigenvalue weighted by Crippen LogP contribution is -2.29. The number of hydrogen-bond acceptors (Lipinski definition) is 4. The molecular weight excluding hydrogens is 228 g/mol. The van der Waals surface area contributed by atoms with Crippen LogP contribution < -0.4 is 11.2 Å². The quantitative estimate of drug-likeness (QED) is 0.772. The summed E-state index contributed by atoms with van der Waals surface area (Å²) >= 11 is 0. The number of hydrogen-bond donors (Lipinski definition) is 2. The first-order chi connectivity index (χ1) is 8.08. The van der Waals surface area contributed by atoms with Gasteiger partial charge < -0.3 is 9.52 Å². The number of furan rings is 1. The molecule has 7 nitrogen and oxygen atoms in total. The fraction of sp³-hybridized carbons (Fsp3) is 0.100. The number of aromatic amines is 1. The summed E-state index contributed by atoms with van der Waals surface area (Å²) in [5, 5.41) is 8.84. The van der Waals surface area contributed by atoms with E-state index in [1.165, 1.54) is 24.6 Å². The van der Waals surface area contributed by atoms with Gasteiger partial charge in [-0.3, -0.25) is 14.3 Å². The van der Waals surface area contributed by atoms with Crippen LogP contribution in [-0.4, -0.2) is 20.6 Å². The molecule has 0 aliphatic heterocycles. The molecule has 0 aliphatic carbocycles. The number of carboxylic acid groups (broad SMARTS) is 1. The molecule has 0 amide bonds. The van der Waals surface area contributed by atoms with Crippen molar-refractivity contribution in [1.29, 1.82) is 0 Å². The van der Waals surface area contributed by atoms with E-state index >= 15 is 0 Å². The number of H-pyrrole nitrogens is 1. The van der Waals surface area contributed by atoms with E-state index in [4.69, 9.17) is 9.52 Å². The number of rotatable bonds is 3. The lowest BCUT2D eigenvalue weighted by molar-refractivity contribution is 0.0694. The Labute approximate surface area is 93.9 Å². The predicted molar refractivity (Wildman–Crippen MR) is 56.1 cm³/mol. The number of carbonyl (C=O) groups is 1. The lowest BCUT2D eigenvalue weighted by Gasteiger charge is -2.02. The topological polar surface area (TPSA) is 105 Å². The van der Waals surface area contributed by atoms with Crippen molar-refractivity contribution in [3.63, 3.8) is 0 Å². The van der Waals surface area contributed by atoms with Crippen molar-refractivity contribution in [3.8, 4) is 0 Å². The van der Waals surface area contributed by atoms with E-state index in [-0.39, 0.29) is 17.9 Å². The van der Waals surface area contributed by atoms with E-state index in [0.29, 0.717) is 0 Å². The number of nitrogens with zero attached hydrogens (tertiary/aromatic N) is 1. The number of aromatic nitrogens is 2. The Morgan fingerprint density at radius 1 is 1.41 bits per heavy atom. The Bertz CT molecular complexity index is 664. The zero-order valence-electron chi connectivity index (χ0n) is 8.54. The third kappa shape index (κ3) is 2.17. The smallest absolute Gasteiger partial charge is 0.339 e. The van der Waals surface area contributed by atoms with E-state index < -0.39 is 17.2 Å². The highest BCUT2D eigenvalue weighted by Crippen LogP contribution is 2.11. The molecule has 2 aromatic heterocycles. The average Bonchev–Trinajstić information content (AvgIpc) is 2.70. The maximum Gasteiger partial charge on any atom is 0.339 e. The molecule has 0 atom stereocenters. The summed E-state index contributed by atoms with van der Waals surface area (Å²) in [4.78, 5) is 35.1. The molecule has 2 rings (SSSR count). The van der Waals surface area contributed by atoms with Crippen molar-refractivity contribution in [3.05, 3.63) is 56.8 Å². The minimum Gasteiger partial charge on any atom is -0.478 e. The Kier molecular flexibility index (Phi) is 2.65. The fourth-order valence-corrected chi connectivity index (χ4v) is 1.38. The molecule has 2 N–H and O–H groups in total. The fourth-order valence-electron chi connectivity index (χ4n) is 1.38. The minimum absolute atomic E-state index is 0.0110. The van der Waals surface area contributed by atoms with Crippen LogP contribution in [0, 0.1) is 0 Å². The van der Waals surface area contributed by atoms with Crippen LogP contribution in [0.5, 0.6) is 0 Å². The molecule has 7 heteroatoms. The molecule has 0 unspecified atom stereocenters. The van der Waals surface area contributed by atoms with Gasteiger partial charge in [-0.05, 0) is 6.07 Å². The van der Waals surface area contributed by atoms with Gasteiger partial charge in [-0.2, -0.15) is 0 Å². The zero-order valence-corrected chi connectivity index (χ0v) is 8.54. The molecular formula is C10H8N2O5. The van der Waals surface area contributed by atoms with Gasteiger partial charge in [0.1, 0.15) is 11.3 Å². The van der Waals surface area contributed by atoms with E-state index in [1.807, 2.05) is 0 Å². The number of carboxylic acids is 1. The molecule has 2 heterocycles. The molecule has 0 saturated heterocycles. The van der Waals surface area contributed by atoms with Crippen LogP contribution in [0.2, 0.25) is 0 Å². The molecule has 0 radical (unpaired) electrons. The van der Waals surface area contributed by atoms with Crippen LogP contribution in [0.25, 0.3) is 0 Å². The molecule has 88 valence electrons. The summed E-state index contributed by atoms with van der Waals surface area (Å²) in [7, 11) is 0. The summed E-state index contributed by atoms with van der Waals surface area (Å²) in [6, 6.07) is 2.47. The van der Waals surface area contributed by atoms with Gasteiger partial charge in [0, 0.05) is 12.3 Å². The molecule has 0 aliphatic rings. The molecule has 2 aromatic rings. The first kappa shape index (κ1) is 10.9. The molecule has 0 aromatic carbocycles. The van der Waals surface area contributed by atoms with Crippen molar-refractivity contribution in [2.45, 2.75) is 6.54 Å². The van der Waals surface area contributed by atoms with Crippen molar-refractivity contribution in [2.75, 3.05) is 0 Å². The van der Waals surface area contributed by atoms with Crippen molar-refractivity contribution in [2.24, 2.45) is 0 Å². The van der Waals surface area contributed by atoms with Crippen molar-refractivity contribution < 1.29 is 14.3 Å². The highest BCUT2D eigenvalue weighted by molar-refractivity contribution is 5.88. The maximum atomic E-state index is 11.4. The maximum absolute atomic E-state index is 11.4. The largest absolute Gasteiger partial charge is 0.478 e. The van der Waals surface area contributed by atoms with Crippen molar-refractivity contribution in [1.82, 2.24) is 9.55 Å². The summed E-state index contributed by atoms with van der Waals surface area (Å²) in [5.74, 6) is -0.988. The van der Waals surface area contributed by atoms with Crippen LogP contribution in [0.3, 0.4) is 0 Å². The van der Waals surface area contributed by atoms with Gasteiger partial charge in [-0.15, -0.1) is 0 Å². The number of nitrogens with one attached hydrogen (secondary N) is 1. The third-order valence-electron chi connectivity index (χ3n) is 2.19. The summed E-state index contributed by atoms with van der Waals surface area (Å²) < 4.78 is 6.13. The van der Waals surface area contributed by atoms with E-state index in [0.717, 1.165) is 4.57 Å². The molecule has 0 saturated carbocycles. The molecule has 0 spiro atoms. The standard InChI is InChI=1S/C10H8N2O5/c13-8-1-3-12(10(16)11-8)5-7-6(9(14)15)2-4-17-7/h1-4H,5H2,(H,14,15)(H,11,13,16). The second-order valence-corrected chi connectivity index (χ2v) is 3.30. The van der Waals surface area contributed by atoms with Crippen LogP contribution in [0.15, 0.2) is 38.6 Å². The zero-order chi connectivity index (χ0) is 12.4. The second-order valence-electron chi connectivity index (χ2n) is 3.30. The summed E-state index contributed by atoms with van der Waals surface area (Å²) in [6.07, 6.45) is 2.50. The number of aromatic carboxylic acids is 1. The van der Waals surface area contributed by atoms with Gasteiger partial charge in [0.25, 0.3) is 5.56 Å². The SMILES string of the molecule is O=C(O)c1ccoc1Cn1ccc(=O)[nH]c1=O. The van der Waals surface area contributed by atoms with E-state index in [9.17, 15) is 14.4 Å². The Morgan fingerprint density at radius 2 is 2.18 bits per heavy atom. The predicted octanol–water partition coefficient (Wildman–Crippen LogP) is -0.124. The van der Waals surface area contributed by atoms with Gasteiger partial charge in [-0.1, -0.05) is 0 Å². The van der Waals surface area contributed by atoms with Crippen molar-refractivity contribution >= 4 is 5.97 Å². The van der Waals surface area contributed by atoms with E-state index in [2.05, 4.69) is 4.98 Å². The molecule has 0 fully saturated rings. The third-order valence-corrected chi connectivity index (χ3v) is 2.19. The normalized spacial score (nSPS) is 10.4. The highest BCUT2D eigenvalue weighted by Gasteiger charge is 2.13. The van der Waals surface area contributed by atoms with Crippen LogP contribution in [0.1, 0.15) is 16.1 Å². The second kappa shape index (κ2) is 4.12. The van der Waals surface area contributed by atoms with Gasteiger partial charge >= 0.3 is 11.7 Å². The van der Waals surface area contributed by atoms with Crippen LogP contribution >= 0.6 is 0 Å². The molecule has 17 heavy (non-hydrogen) atoms. The van der Waals surface area contributed by atoms with Crippen LogP contribution in [-0.2, 0) is 6.54 Å². The van der Waals surface area contributed by atoms with Gasteiger partial charge in [0.2, 0.25) is 0 Å². The Hall–Kier alpha value is -2.57. The monoisotopic (exact) mass is 236 g/mol. The van der Waals surface area contributed by atoms with E-state index in [1.54, 1.807) is 0 Å². The highest BCUT2D eigenvalue weighted by atomic mass is 16.4. The summed E-state index contributed by atoms with van der Waals surface area (Å²) in [5.41, 5.74) is -1.14. The van der Waals surface area contributed by atoms with Crippen LogP contribution in [0.4, 0.5) is 0 Å². The summed E-state index contributed by atoms with van der Waals surface area (Å²) in [6.45, 7) is -0.0513. The molecule has 0 bridgehead atoms. The first-order valence-electron chi connectivity index (χ1n) is 4.67. The lowest BCUT2D eigenvalue weighted by atomic mass is 10.2. The Balaban J connectivity index is 2.38. The Morgan fingerprint density at radius 3 is 2.82 bits per heavy atom.